The summed E-state index contributed by atoms with van der Waals surface area (Å²) in [5.41, 5.74) is 2.41. The summed E-state index contributed by atoms with van der Waals surface area (Å²) in [5.74, 6) is 0.349. The van der Waals surface area contributed by atoms with Crippen molar-refractivity contribution < 1.29 is 21.6 Å². The molecule has 0 unspecified atom stereocenters. The van der Waals surface area contributed by atoms with Crippen LogP contribution in [0.25, 0.3) is 0 Å². The maximum atomic E-state index is 12.3. The molecule has 0 bridgehead atoms. The van der Waals surface area contributed by atoms with Crippen molar-refractivity contribution in [1.29, 1.82) is 0 Å². The van der Waals surface area contributed by atoms with Crippen LogP contribution in [0.4, 0.5) is 5.69 Å². The SMILES string of the molecule is CC(C)c1ccc(Sc2cc3c(cc2N(S(C)(=O)=O)S(C)(=O)=O)CCC3=O)cc1. The lowest BCUT2D eigenvalue weighted by Gasteiger charge is -2.23. The number of fused-ring (bicyclic) bond motifs is 1. The largest absolute Gasteiger partial charge is 0.294 e. The van der Waals surface area contributed by atoms with Crippen LogP contribution < -0.4 is 3.71 Å². The average Bonchev–Trinajstić information content (AvgIpc) is 2.93. The van der Waals surface area contributed by atoms with E-state index in [0.29, 0.717) is 38.5 Å². The van der Waals surface area contributed by atoms with Gasteiger partial charge in [0.15, 0.2) is 5.78 Å². The van der Waals surface area contributed by atoms with Crippen molar-refractivity contribution in [3.8, 4) is 0 Å². The number of benzene rings is 2. The highest BCUT2D eigenvalue weighted by atomic mass is 32.3. The Labute approximate surface area is 176 Å². The zero-order valence-electron chi connectivity index (χ0n) is 16.7. The molecular weight excluding hydrogens is 430 g/mol. The molecule has 0 spiro atoms. The van der Waals surface area contributed by atoms with E-state index in [2.05, 4.69) is 13.8 Å². The molecule has 0 aromatic heterocycles. The minimum Gasteiger partial charge on any atom is -0.294 e. The van der Waals surface area contributed by atoms with Crippen molar-refractivity contribution in [3.63, 3.8) is 0 Å². The molecule has 9 heteroatoms. The van der Waals surface area contributed by atoms with Crippen LogP contribution in [-0.4, -0.2) is 35.1 Å². The summed E-state index contributed by atoms with van der Waals surface area (Å²) in [6, 6.07) is 10.9. The predicted octanol–water partition coefficient (Wildman–Crippen LogP) is 3.82. The zero-order valence-corrected chi connectivity index (χ0v) is 19.1. The van der Waals surface area contributed by atoms with Gasteiger partial charge in [-0.25, -0.2) is 16.8 Å². The van der Waals surface area contributed by atoms with E-state index in [1.807, 2.05) is 24.3 Å². The van der Waals surface area contributed by atoms with Gasteiger partial charge in [0, 0.05) is 21.8 Å². The predicted molar refractivity (Wildman–Crippen MR) is 116 cm³/mol. The molecule has 1 aliphatic rings. The minimum atomic E-state index is -4.09. The van der Waals surface area contributed by atoms with Gasteiger partial charge in [-0.05, 0) is 47.7 Å². The third-order valence-electron chi connectivity index (χ3n) is 4.68. The molecule has 6 nitrogen and oxygen atoms in total. The number of carbonyl (C=O) groups is 1. The fourth-order valence-corrected chi connectivity index (χ4v) is 7.39. The molecule has 2 aromatic rings. The van der Waals surface area contributed by atoms with Crippen LogP contribution in [0.1, 0.15) is 47.7 Å². The smallest absolute Gasteiger partial charge is 0.245 e. The number of nitrogens with zero attached hydrogens (tertiary/aromatic N) is 1. The summed E-state index contributed by atoms with van der Waals surface area (Å²) in [6.07, 6.45) is 2.52. The normalized spacial score (nSPS) is 14.3. The van der Waals surface area contributed by atoms with Gasteiger partial charge in [-0.3, -0.25) is 4.79 Å². The van der Waals surface area contributed by atoms with Gasteiger partial charge in [-0.15, -0.1) is 0 Å². The summed E-state index contributed by atoms with van der Waals surface area (Å²) < 4.78 is 49.8. The van der Waals surface area contributed by atoms with Gasteiger partial charge in [-0.1, -0.05) is 37.7 Å². The zero-order chi connectivity index (χ0) is 21.6. The quantitative estimate of drug-likeness (QED) is 0.661. The maximum absolute atomic E-state index is 12.3. The number of hydrogen-bond acceptors (Lipinski definition) is 6. The number of ketones is 1. The van der Waals surface area contributed by atoms with E-state index in [-0.39, 0.29) is 11.5 Å². The van der Waals surface area contributed by atoms with Crippen molar-refractivity contribution in [3.05, 3.63) is 53.1 Å². The van der Waals surface area contributed by atoms with E-state index in [1.54, 1.807) is 6.07 Å². The first-order chi connectivity index (χ1) is 13.4. The van der Waals surface area contributed by atoms with Crippen LogP contribution in [0.5, 0.6) is 0 Å². The second kappa shape index (κ2) is 7.77. The Bertz CT molecular complexity index is 1140. The van der Waals surface area contributed by atoms with Crippen molar-refractivity contribution in [2.45, 2.75) is 42.4 Å². The van der Waals surface area contributed by atoms with Gasteiger partial charge in [0.05, 0.1) is 18.2 Å². The summed E-state index contributed by atoms with van der Waals surface area (Å²) in [6.45, 7) is 4.17. The summed E-state index contributed by atoms with van der Waals surface area (Å²) >= 11 is 1.24. The van der Waals surface area contributed by atoms with E-state index in [0.717, 1.165) is 23.0 Å². The molecule has 0 saturated carbocycles. The van der Waals surface area contributed by atoms with E-state index < -0.39 is 20.0 Å². The van der Waals surface area contributed by atoms with Gasteiger partial charge in [0.2, 0.25) is 20.0 Å². The molecule has 0 saturated heterocycles. The highest BCUT2D eigenvalue weighted by molar-refractivity contribution is 8.09. The van der Waals surface area contributed by atoms with Crippen LogP contribution in [-0.2, 0) is 26.5 Å². The molecule has 0 amide bonds. The third kappa shape index (κ3) is 4.67. The number of aryl methyl sites for hydroxylation is 1. The van der Waals surface area contributed by atoms with E-state index >= 15 is 0 Å². The van der Waals surface area contributed by atoms with Crippen LogP contribution in [0.3, 0.4) is 0 Å². The standard InChI is InChI=1S/C20H23NO5S3/c1-13(2)14-5-8-16(9-6-14)27-20-12-17-15(7-10-19(17)22)11-18(20)21(28(3,23)24)29(4,25)26/h5-6,8-9,11-13H,7,10H2,1-4H3. The summed E-state index contributed by atoms with van der Waals surface area (Å²) in [4.78, 5) is 13.4. The van der Waals surface area contributed by atoms with Crippen molar-refractivity contribution in [2.24, 2.45) is 0 Å². The lowest BCUT2D eigenvalue weighted by atomic mass is 10.0. The van der Waals surface area contributed by atoms with Gasteiger partial charge < -0.3 is 0 Å². The number of rotatable bonds is 6. The molecule has 0 radical (unpaired) electrons. The molecule has 0 fully saturated rings. The van der Waals surface area contributed by atoms with Crippen LogP contribution in [0.15, 0.2) is 46.2 Å². The van der Waals surface area contributed by atoms with Crippen molar-refractivity contribution in [2.75, 3.05) is 16.2 Å². The lowest BCUT2D eigenvalue weighted by molar-refractivity contribution is 0.0994. The molecule has 156 valence electrons. The highest BCUT2D eigenvalue weighted by Gasteiger charge is 2.32. The minimum absolute atomic E-state index is 0.0196. The third-order valence-corrected chi connectivity index (χ3v) is 8.96. The van der Waals surface area contributed by atoms with Crippen molar-refractivity contribution in [1.82, 2.24) is 0 Å². The first kappa shape index (κ1) is 21.9. The molecular formula is C20H23NO5S3. The first-order valence-electron chi connectivity index (χ1n) is 9.06. The van der Waals surface area contributed by atoms with Crippen molar-refractivity contribution >= 4 is 43.3 Å². The lowest BCUT2D eigenvalue weighted by Crippen LogP contribution is -2.35. The monoisotopic (exact) mass is 453 g/mol. The Morgan fingerprint density at radius 1 is 0.931 bits per heavy atom. The Morgan fingerprint density at radius 3 is 2.03 bits per heavy atom. The Hall–Kier alpha value is -1.84. The topological polar surface area (TPSA) is 88.6 Å². The second-order valence-corrected chi connectivity index (χ2v) is 12.5. The second-order valence-electron chi connectivity index (χ2n) is 7.45. The molecule has 1 aliphatic carbocycles. The van der Waals surface area contributed by atoms with Crippen LogP contribution >= 0.6 is 11.8 Å². The number of sulfonamides is 2. The number of carbonyl (C=O) groups excluding carboxylic acids is 1. The van der Waals surface area contributed by atoms with E-state index in [9.17, 15) is 21.6 Å². The first-order valence-corrected chi connectivity index (χ1v) is 13.6. The number of anilines is 1. The fourth-order valence-electron chi connectivity index (χ4n) is 3.34. The summed E-state index contributed by atoms with van der Waals surface area (Å²) in [7, 11) is -8.18. The maximum Gasteiger partial charge on any atom is 0.245 e. The molecule has 3 rings (SSSR count). The van der Waals surface area contributed by atoms with E-state index in [1.165, 1.54) is 17.8 Å². The average molecular weight is 454 g/mol. The fraction of sp³-hybridized carbons (Fsp3) is 0.350. The highest BCUT2D eigenvalue weighted by Crippen LogP contribution is 2.41. The molecule has 0 heterocycles. The summed E-state index contributed by atoms with van der Waals surface area (Å²) in [5, 5.41) is 0. The number of Topliss-reactive ketones (excluding diaryl/α,β-unsaturated/α-hetero) is 1. The molecule has 29 heavy (non-hydrogen) atoms. The van der Waals surface area contributed by atoms with E-state index in [4.69, 9.17) is 0 Å². The van der Waals surface area contributed by atoms with Crippen LogP contribution in [0.2, 0.25) is 0 Å². The van der Waals surface area contributed by atoms with Gasteiger partial charge in [0.1, 0.15) is 0 Å². The molecule has 0 N–H and O–H groups in total. The molecule has 0 aliphatic heterocycles. The van der Waals surface area contributed by atoms with Gasteiger partial charge in [-0.2, -0.15) is 3.71 Å². The Kier molecular flexibility index (Phi) is 5.86. The number of hydrogen-bond donors (Lipinski definition) is 0. The Balaban J connectivity index is 2.17. The van der Waals surface area contributed by atoms with Gasteiger partial charge >= 0.3 is 0 Å². The van der Waals surface area contributed by atoms with Crippen LogP contribution in [0, 0.1) is 0 Å². The molecule has 2 aromatic carbocycles. The van der Waals surface area contributed by atoms with Gasteiger partial charge in [0.25, 0.3) is 0 Å². The molecule has 0 atom stereocenters. The Morgan fingerprint density at radius 2 is 1.52 bits per heavy atom.